The molecule has 6 heteroatoms. The Morgan fingerprint density at radius 3 is 2.75 bits per heavy atom. The average Bonchev–Trinajstić information content (AvgIpc) is 3.26. The summed E-state index contributed by atoms with van der Waals surface area (Å²) in [5.74, 6) is 1.58. The minimum Gasteiger partial charge on any atom is -0.493 e. The third-order valence-electron chi connectivity index (χ3n) is 5.45. The van der Waals surface area contributed by atoms with Crippen LogP contribution in [0.1, 0.15) is 41.1 Å². The number of ether oxygens (including phenoxy) is 2. The first kappa shape index (κ1) is 20.0. The number of rotatable bonds is 8. The third-order valence-corrected chi connectivity index (χ3v) is 5.45. The molecule has 0 saturated carbocycles. The van der Waals surface area contributed by atoms with Crippen LogP contribution < -0.4 is 19.7 Å². The molecule has 1 aromatic heterocycles. The van der Waals surface area contributed by atoms with Crippen LogP contribution in [0.2, 0.25) is 0 Å². The molecule has 150 valence electrons. The maximum absolute atomic E-state index is 12.6. The molecule has 0 saturated heterocycles. The van der Waals surface area contributed by atoms with Crippen molar-refractivity contribution >= 4 is 5.91 Å². The van der Waals surface area contributed by atoms with Crippen LogP contribution in [0.5, 0.6) is 11.5 Å². The minimum atomic E-state index is -0.192. The molecule has 0 bridgehead atoms. The van der Waals surface area contributed by atoms with Gasteiger partial charge in [0.25, 0.3) is 5.91 Å². The molecule has 1 amide bonds. The van der Waals surface area contributed by atoms with Crippen LogP contribution in [0.3, 0.4) is 0 Å². The van der Waals surface area contributed by atoms with Crippen molar-refractivity contribution in [2.24, 2.45) is 0 Å². The first-order valence-electron chi connectivity index (χ1n) is 9.67. The second kappa shape index (κ2) is 8.97. The van der Waals surface area contributed by atoms with Gasteiger partial charge in [-0.15, -0.1) is 0 Å². The lowest BCUT2D eigenvalue weighted by Crippen LogP contribution is -3.14. The predicted octanol–water partition coefficient (Wildman–Crippen LogP) is 2.17. The average molecular weight is 385 g/mol. The van der Waals surface area contributed by atoms with Gasteiger partial charge in [-0.2, -0.15) is 0 Å². The van der Waals surface area contributed by atoms with Crippen molar-refractivity contribution in [3.05, 3.63) is 60.1 Å². The highest BCUT2D eigenvalue weighted by molar-refractivity contribution is 5.91. The molecule has 1 aliphatic heterocycles. The largest absolute Gasteiger partial charge is 0.493 e. The molecule has 1 unspecified atom stereocenters. The number of nitrogens with one attached hydrogen (secondary N) is 2. The molecule has 2 aromatic rings. The number of fused-ring (bicyclic) bond motifs is 1. The summed E-state index contributed by atoms with van der Waals surface area (Å²) < 4.78 is 16.3. The zero-order valence-corrected chi connectivity index (χ0v) is 16.8. The lowest BCUT2D eigenvalue weighted by atomic mass is 9.86. The maximum atomic E-state index is 12.6. The van der Waals surface area contributed by atoms with Crippen molar-refractivity contribution in [2.45, 2.75) is 31.8 Å². The molecule has 3 atom stereocenters. The number of methoxy groups -OCH3 is 2. The Morgan fingerprint density at radius 2 is 2.14 bits per heavy atom. The van der Waals surface area contributed by atoms with Crippen molar-refractivity contribution in [2.75, 3.05) is 27.3 Å². The van der Waals surface area contributed by atoms with Crippen molar-refractivity contribution in [3.8, 4) is 11.5 Å². The fraction of sp³-hybridized carbons (Fsp3) is 0.409. The van der Waals surface area contributed by atoms with E-state index in [-0.39, 0.29) is 18.0 Å². The smallest absolute Gasteiger partial charge is 0.287 e. The van der Waals surface area contributed by atoms with Crippen LogP contribution in [-0.4, -0.2) is 39.3 Å². The Kier molecular flexibility index (Phi) is 6.41. The number of quaternary nitrogens is 1. The summed E-state index contributed by atoms with van der Waals surface area (Å²) in [6.45, 7) is 7.81. The van der Waals surface area contributed by atoms with Crippen molar-refractivity contribution in [1.82, 2.24) is 5.32 Å². The topological polar surface area (TPSA) is 65.1 Å². The number of benzene rings is 1. The highest BCUT2D eigenvalue weighted by Gasteiger charge is 2.38. The highest BCUT2D eigenvalue weighted by atomic mass is 16.5. The lowest BCUT2D eigenvalue weighted by Gasteiger charge is -2.38. The first-order chi connectivity index (χ1) is 13.6. The van der Waals surface area contributed by atoms with Gasteiger partial charge >= 0.3 is 0 Å². The molecule has 3 rings (SSSR count). The molecule has 1 aliphatic rings. The zero-order chi connectivity index (χ0) is 20.1. The van der Waals surface area contributed by atoms with Gasteiger partial charge in [0, 0.05) is 12.0 Å². The summed E-state index contributed by atoms with van der Waals surface area (Å²) in [6, 6.07) is 7.56. The molecule has 6 nitrogen and oxygen atoms in total. The highest BCUT2D eigenvalue weighted by Crippen LogP contribution is 2.35. The van der Waals surface area contributed by atoms with E-state index in [2.05, 4.69) is 31.0 Å². The molecule has 28 heavy (non-hydrogen) atoms. The molecule has 2 N–H and O–H groups in total. The molecular formula is C22H29N2O4+. The summed E-state index contributed by atoms with van der Waals surface area (Å²) in [5, 5.41) is 3.17. The SMILES string of the molecule is C=CC[NH+]1CCc2cc(OC)c(OC)cc2[C@H]1[C@H](CC)NC(=O)c1ccco1. The van der Waals surface area contributed by atoms with E-state index in [9.17, 15) is 4.79 Å². The summed E-state index contributed by atoms with van der Waals surface area (Å²) >= 11 is 0. The van der Waals surface area contributed by atoms with Crippen LogP contribution >= 0.6 is 0 Å². The number of hydrogen-bond acceptors (Lipinski definition) is 4. The van der Waals surface area contributed by atoms with E-state index in [4.69, 9.17) is 13.9 Å². The van der Waals surface area contributed by atoms with E-state index >= 15 is 0 Å². The van der Waals surface area contributed by atoms with Gasteiger partial charge in [0.05, 0.1) is 39.6 Å². The van der Waals surface area contributed by atoms with Crippen LogP contribution in [0.15, 0.2) is 47.6 Å². The van der Waals surface area contributed by atoms with E-state index < -0.39 is 0 Å². The Balaban J connectivity index is 1.99. The molecule has 0 radical (unpaired) electrons. The molecular weight excluding hydrogens is 356 g/mol. The monoisotopic (exact) mass is 385 g/mol. The Bertz CT molecular complexity index is 816. The molecule has 0 aliphatic carbocycles. The molecule has 0 fully saturated rings. The van der Waals surface area contributed by atoms with Crippen LogP contribution in [0.4, 0.5) is 0 Å². The molecule has 2 heterocycles. The summed E-state index contributed by atoms with van der Waals surface area (Å²) in [4.78, 5) is 14.0. The van der Waals surface area contributed by atoms with Gasteiger partial charge in [0.1, 0.15) is 6.04 Å². The van der Waals surface area contributed by atoms with Gasteiger partial charge in [-0.25, -0.2) is 0 Å². The van der Waals surface area contributed by atoms with E-state index in [1.807, 2.05) is 6.08 Å². The normalized spacial score (nSPS) is 19.4. The second-order valence-corrected chi connectivity index (χ2v) is 7.00. The van der Waals surface area contributed by atoms with E-state index in [0.717, 1.165) is 31.7 Å². The van der Waals surface area contributed by atoms with Crippen molar-refractivity contribution in [3.63, 3.8) is 0 Å². The standard InChI is InChI=1S/C22H28N2O4/c1-5-10-24-11-9-15-13-19(26-3)20(27-4)14-16(15)21(24)17(6-2)23-22(25)18-8-7-12-28-18/h5,7-8,12-14,17,21H,1,6,9-11H2,2-4H3,(H,23,25)/p+1/t17-,21-/m0/s1. The van der Waals surface area contributed by atoms with Crippen molar-refractivity contribution < 1.29 is 23.6 Å². The Morgan fingerprint density at radius 1 is 1.39 bits per heavy atom. The predicted molar refractivity (Wildman–Crippen MR) is 107 cm³/mol. The van der Waals surface area contributed by atoms with Gasteiger partial charge in [-0.05, 0) is 42.3 Å². The number of carbonyl (C=O) groups excluding carboxylic acids is 1. The fourth-order valence-electron chi connectivity index (χ4n) is 4.10. The number of furan rings is 1. The third kappa shape index (κ3) is 3.92. The van der Waals surface area contributed by atoms with Crippen LogP contribution in [0, 0.1) is 0 Å². The maximum Gasteiger partial charge on any atom is 0.287 e. The summed E-state index contributed by atoms with van der Waals surface area (Å²) in [5.41, 5.74) is 2.42. The number of amides is 1. The van der Waals surface area contributed by atoms with Crippen LogP contribution in [0.25, 0.3) is 0 Å². The summed E-state index contributed by atoms with van der Waals surface area (Å²) in [6.07, 6.45) is 5.19. The van der Waals surface area contributed by atoms with E-state index in [1.165, 1.54) is 22.3 Å². The van der Waals surface area contributed by atoms with Gasteiger partial charge in [0.2, 0.25) is 0 Å². The number of hydrogen-bond donors (Lipinski definition) is 2. The zero-order valence-electron chi connectivity index (χ0n) is 16.8. The number of carbonyl (C=O) groups is 1. The first-order valence-corrected chi connectivity index (χ1v) is 9.67. The fourth-order valence-corrected chi connectivity index (χ4v) is 4.10. The second-order valence-electron chi connectivity index (χ2n) is 7.00. The Hall–Kier alpha value is -2.73. The van der Waals surface area contributed by atoms with Crippen molar-refractivity contribution in [1.29, 1.82) is 0 Å². The lowest BCUT2D eigenvalue weighted by molar-refractivity contribution is -0.930. The summed E-state index contributed by atoms with van der Waals surface area (Å²) in [7, 11) is 3.30. The van der Waals surface area contributed by atoms with Gasteiger partial charge in [-0.1, -0.05) is 13.5 Å². The van der Waals surface area contributed by atoms with E-state index in [0.29, 0.717) is 11.5 Å². The molecule has 0 spiro atoms. The quantitative estimate of drug-likeness (QED) is 0.684. The minimum absolute atomic E-state index is 0.0512. The van der Waals surface area contributed by atoms with Gasteiger partial charge < -0.3 is 24.1 Å². The van der Waals surface area contributed by atoms with Crippen LogP contribution in [-0.2, 0) is 6.42 Å². The van der Waals surface area contributed by atoms with E-state index in [1.54, 1.807) is 26.4 Å². The Labute approximate surface area is 166 Å². The van der Waals surface area contributed by atoms with Gasteiger partial charge in [-0.3, -0.25) is 4.79 Å². The van der Waals surface area contributed by atoms with Gasteiger partial charge in [0.15, 0.2) is 17.3 Å². The molecule has 1 aromatic carbocycles.